The first-order valence-electron chi connectivity index (χ1n) is 13.0. The van der Waals surface area contributed by atoms with E-state index in [0.29, 0.717) is 28.4 Å². The molecule has 4 aromatic rings. The molecule has 2 aromatic heterocycles. The van der Waals surface area contributed by atoms with E-state index in [0.717, 1.165) is 42.5 Å². The number of halogens is 3. The summed E-state index contributed by atoms with van der Waals surface area (Å²) in [5, 5.41) is 6.61. The van der Waals surface area contributed by atoms with Gasteiger partial charge in [-0.25, -0.2) is 9.97 Å². The van der Waals surface area contributed by atoms with E-state index in [1.54, 1.807) is 25.4 Å². The third kappa shape index (κ3) is 5.33. The third-order valence-electron chi connectivity index (χ3n) is 7.35. The van der Waals surface area contributed by atoms with Gasteiger partial charge in [-0.2, -0.15) is 13.2 Å². The molecule has 11 heteroatoms. The maximum atomic E-state index is 14.1. The quantitative estimate of drug-likeness (QED) is 0.315. The maximum Gasteiger partial charge on any atom is 0.419 e. The van der Waals surface area contributed by atoms with Crippen LogP contribution in [-0.2, 0) is 18.0 Å². The van der Waals surface area contributed by atoms with Crippen molar-refractivity contribution in [3.05, 3.63) is 59.9 Å². The fourth-order valence-corrected chi connectivity index (χ4v) is 5.41. The second-order valence-corrected chi connectivity index (χ2v) is 10.5. The molecule has 0 aliphatic carbocycles. The first-order chi connectivity index (χ1) is 18.9. The molecule has 3 heterocycles. The minimum atomic E-state index is -4.64. The number of para-hydroxylation sites is 1. The van der Waals surface area contributed by atoms with Crippen LogP contribution in [0.3, 0.4) is 0 Å². The van der Waals surface area contributed by atoms with Crippen molar-refractivity contribution in [2.75, 3.05) is 42.7 Å². The number of aryl methyl sites for hydroxylation is 2. The molecule has 210 valence electrons. The standard InChI is InChI=1S/C29H32F3N7O/c1-17-7-6-8-21-22(16-38(5)27(17)21)26-23(29(30,31)32)14-33-28(36-26)35-19-9-10-25(24(13-19)34-18(2)40)39-12-11-20(15-39)37(3)4/h6-10,13-14,16,20H,11-12,15H2,1-5H3,(H,34,40)(H,33,35,36)/t20-/m1/s1. The number of carbonyl (C=O) groups excluding carboxylic acids is 1. The third-order valence-corrected chi connectivity index (χ3v) is 7.35. The minimum Gasteiger partial charge on any atom is -0.368 e. The zero-order valence-electron chi connectivity index (χ0n) is 23.1. The Balaban J connectivity index is 1.53. The topological polar surface area (TPSA) is 78.3 Å². The van der Waals surface area contributed by atoms with E-state index in [1.807, 2.05) is 49.9 Å². The molecule has 40 heavy (non-hydrogen) atoms. The highest BCUT2D eigenvalue weighted by atomic mass is 19.4. The summed E-state index contributed by atoms with van der Waals surface area (Å²) in [5.74, 6) is -0.205. The number of fused-ring (bicyclic) bond motifs is 1. The second kappa shape index (κ2) is 10.5. The molecular formula is C29H32F3N7O. The van der Waals surface area contributed by atoms with Crippen LogP contribution in [0.2, 0.25) is 0 Å². The Bertz CT molecular complexity index is 1580. The molecule has 2 N–H and O–H groups in total. The summed E-state index contributed by atoms with van der Waals surface area (Å²) in [5.41, 5.74) is 3.07. The van der Waals surface area contributed by atoms with Gasteiger partial charge in [0.1, 0.15) is 5.56 Å². The van der Waals surface area contributed by atoms with Gasteiger partial charge < -0.3 is 25.0 Å². The number of hydrogen-bond acceptors (Lipinski definition) is 6. The van der Waals surface area contributed by atoms with E-state index < -0.39 is 11.7 Å². The number of amides is 1. The van der Waals surface area contributed by atoms with Crippen LogP contribution in [0.1, 0.15) is 24.5 Å². The molecule has 1 aliphatic rings. The molecule has 1 saturated heterocycles. The number of nitrogens with zero attached hydrogens (tertiary/aromatic N) is 5. The molecule has 0 saturated carbocycles. The molecule has 2 aromatic carbocycles. The van der Waals surface area contributed by atoms with Gasteiger partial charge in [-0.15, -0.1) is 0 Å². The van der Waals surface area contributed by atoms with Crippen molar-refractivity contribution in [2.24, 2.45) is 7.05 Å². The van der Waals surface area contributed by atoms with Gasteiger partial charge >= 0.3 is 6.18 Å². The average Bonchev–Trinajstić information content (AvgIpc) is 3.49. The molecule has 0 spiro atoms. The largest absolute Gasteiger partial charge is 0.419 e. The summed E-state index contributed by atoms with van der Waals surface area (Å²) < 4.78 is 44.0. The van der Waals surface area contributed by atoms with Crippen LogP contribution in [0.25, 0.3) is 22.2 Å². The molecule has 8 nitrogen and oxygen atoms in total. The average molecular weight is 552 g/mol. The van der Waals surface area contributed by atoms with E-state index in [2.05, 4.69) is 30.4 Å². The molecule has 0 unspecified atom stereocenters. The zero-order valence-corrected chi connectivity index (χ0v) is 23.1. The van der Waals surface area contributed by atoms with Crippen molar-refractivity contribution in [1.29, 1.82) is 0 Å². The van der Waals surface area contributed by atoms with Gasteiger partial charge in [-0.1, -0.05) is 18.2 Å². The molecule has 1 amide bonds. The van der Waals surface area contributed by atoms with Gasteiger partial charge in [0, 0.05) is 62.1 Å². The molecule has 0 bridgehead atoms. The van der Waals surface area contributed by atoms with Gasteiger partial charge in [0.25, 0.3) is 0 Å². The number of nitrogens with one attached hydrogen (secondary N) is 2. The monoisotopic (exact) mass is 551 g/mol. The maximum absolute atomic E-state index is 14.1. The van der Waals surface area contributed by atoms with Crippen molar-refractivity contribution >= 4 is 39.8 Å². The number of benzene rings is 2. The summed E-state index contributed by atoms with van der Waals surface area (Å²) in [4.78, 5) is 24.8. The Morgan fingerprint density at radius 1 is 1.18 bits per heavy atom. The normalized spacial score (nSPS) is 15.7. The highest BCUT2D eigenvalue weighted by molar-refractivity contribution is 5.98. The molecule has 1 aliphatic heterocycles. The lowest BCUT2D eigenvalue weighted by Crippen LogP contribution is -2.31. The Morgan fingerprint density at radius 2 is 1.95 bits per heavy atom. The number of rotatable bonds is 6. The van der Waals surface area contributed by atoms with Crippen molar-refractivity contribution in [2.45, 2.75) is 32.5 Å². The predicted octanol–water partition coefficient (Wildman–Crippen LogP) is 5.80. The van der Waals surface area contributed by atoms with Gasteiger partial charge in [0.15, 0.2) is 0 Å². The summed E-state index contributed by atoms with van der Waals surface area (Å²) >= 11 is 0. The van der Waals surface area contributed by atoms with Crippen LogP contribution < -0.4 is 15.5 Å². The number of carbonyl (C=O) groups is 1. The highest BCUT2D eigenvalue weighted by Gasteiger charge is 2.36. The van der Waals surface area contributed by atoms with Gasteiger partial charge in [-0.3, -0.25) is 4.79 Å². The Kier molecular flexibility index (Phi) is 7.17. The first-order valence-corrected chi connectivity index (χ1v) is 13.0. The van der Waals surface area contributed by atoms with Crippen LogP contribution in [0.4, 0.5) is 36.2 Å². The second-order valence-electron chi connectivity index (χ2n) is 10.5. The predicted molar refractivity (Wildman–Crippen MR) is 152 cm³/mol. The van der Waals surface area contributed by atoms with Crippen molar-refractivity contribution in [3.8, 4) is 11.3 Å². The van der Waals surface area contributed by atoms with E-state index in [1.165, 1.54) is 6.92 Å². The Hall–Kier alpha value is -4.12. The summed E-state index contributed by atoms with van der Waals surface area (Å²) in [6, 6.07) is 11.4. The van der Waals surface area contributed by atoms with E-state index >= 15 is 0 Å². The fraction of sp³-hybridized carbons (Fsp3) is 0.345. The summed E-state index contributed by atoms with van der Waals surface area (Å²) in [6.07, 6.45) is -1.16. The highest BCUT2D eigenvalue weighted by Crippen LogP contribution is 2.40. The Labute approximate surface area is 230 Å². The molecule has 1 fully saturated rings. The van der Waals surface area contributed by atoms with Gasteiger partial charge in [0.2, 0.25) is 11.9 Å². The number of anilines is 4. The van der Waals surface area contributed by atoms with E-state index in [9.17, 15) is 18.0 Å². The number of aromatic nitrogens is 3. The summed E-state index contributed by atoms with van der Waals surface area (Å²) in [6.45, 7) is 5.02. The SMILES string of the molecule is CC(=O)Nc1cc(Nc2ncc(C(F)(F)F)c(-c3cn(C)c4c(C)cccc34)n2)ccc1N1CC[C@@H](N(C)C)C1. The number of alkyl halides is 3. The zero-order chi connectivity index (χ0) is 28.8. The summed E-state index contributed by atoms with van der Waals surface area (Å²) in [7, 11) is 5.90. The van der Waals surface area contributed by atoms with E-state index in [4.69, 9.17) is 0 Å². The molecule has 5 rings (SSSR count). The van der Waals surface area contributed by atoms with Gasteiger partial charge in [-0.05, 0) is 51.2 Å². The van der Waals surface area contributed by atoms with Gasteiger partial charge in [0.05, 0.1) is 22.6 Å². The first kappa shape index (κ1) is 27.4. The molecule has 0 radical (unpaired) electrons. The smallest absolute Gasteiger partial charge is 0.368 e. The lowest BCUT2D eigenvalue weighted by Gasteiger charge is -2.24. The van der Waals surface area contributed by atoms with Crippen molar-refractivity contribution in [1.82, 2.24) is 19.4 Å². The molecular weight excluding hydrogens is 519 g/mol. The van der Waals surface area contributed by atoms with Crippen LogP contribution in [0, 0.1) is 6.92 Å². The minimum absolute atomic E-state index is 0.0167. The Morgan fingerprint density at radius 3 is 2.62 bits per heavy atom. The number of likely N-dealkylation sites (N-methyl/N-ethyl adjacent to an activating group) is 1. The van der Waals surface area contributed by atoms with Crippen molar-refractivity contribution < 1.29 is 18.0 Å². The van der Waals surface area contributed by atoms with Crippen LogP contribution in [-0.4, -0.2) is 58.6 Å². The van der Waals surface area contributed by atoms with E-state index in [-0.39, 0.29) is 17.5 Å². The van der Waals surface area contributed by atoms with Crippen LogP contribution in [0.5, 0.6) is 0 Å². The van der Waals surface area contributed by atoms with Crippen molar-refractivity contribution in [3.63, 3.8) is 0 Å². The fourth-order valence-electron chi connectivity index (χ4n) is 5.41. The molecule has 1 atom stereocenters. The lowest BCUT2D eigenvalue weighted by atomic mass is 10.0. The van der Waals surface area contributed by atoms with Crippen LogP contribution >= 0.6 is 0 Å². The lowest BCUT2D eigenvalue weighted by molar-refractivity contribution is -0.137. The number of hydrogen-bond donors (Lipinski definition) is 2. The van der Waals surface area contributed by atoms with Crippen LogP contribution in [0.15, 0.2) is 48.8 Å².